The van der Waals surface area contributed by atoms with Gasteiger partial charge in [0, 0.05) is 17.3 Å². The molecule has 0 aliphatic rings. The van der Waals surface area contributed by atoms with Gasteiger partial charge >= 0.3 is 0 Å². The molecular formula is C24H27Cl2N5O3S. The van der Waals surface area contributed by atoms with Crippen LogP contribution in [0.15, 0.2) is 47.6 Å². The molecule has 0 fully saturated rings. The fourth-order valence-electron chi connectivity index (χ4n) is 3.36. The predicted molar refractivity (Wildman–Crippen MR) is 140 cm³/mol. The highest BCUT2D eigenvalue weighted by Gasteiger charge is 2.27. The van der Waals surface area contributed by atoms with Crippen LogP contribution >= 0.6 is 35.0 Å². The summed E-state index contributed by atoms with van der Waals surface area (Å²) in [7, 11) is 1.59. The molecule has 3 aromatic rings. The molecule has 0 aliphatic heterocycles. The highest BCUT2D eigenvalue weighted by Crippen LogP contribution is 2.27. The molecule has 1 heterocycles. The molecule has 1 aromatic heterocycles. The molecule has 2 N–H and O–H groups in total. The Morgan fingerprint density at radius 1 is 1.11 bits per heavy atom. The van der Waals surface area contributed by atoms with Crippen molar-refractivity contribution in [1.29, 1.82) is 0 Å². The molecule has 0 saturated carbocycles. The number of aromatic nitrogens is 3. The summed E-state index contributed by atoms with van der Waals surface area (Å²) in [5.41, 5.74) is 1.01. The zero-order valence-electron chi connectivity index (χ0n) is 19.8. The highest BCUT2D eigenvalue weighted by atomic mass is 35.5. The molecule has 0 spiro atoms. The molecule has 8 nitrogen and oxygen atoms in total. The number of amides is 2. The number of nitrogens with zero attached hydrogens (tertiary/aromatic N) is 3. The Hall–Kier alpha value is -2.75. The lowest BCUT2D eigenvalue weighted by atomic mass is 10.0. The molecule has 0 saturated heterocycles. The lowest BCUT2D eigenvalue weighted by molar-refractivity contribution is -0.113. The van der Waals surface area contributed by atoms with Crippen molar-refractivity contribution in [3.8, 4) is 5.75 Å². The van der Waals surface area contributed by atoms with Gasteiger partial charge in [0.15, 0.2) is 11.0 Å². The van der Waals surface area contributed by atoms with E-state index in [1.54, 1.807) is 43.5 Å². The third-order valence-electron chi connectivity index (χ3n) is 5.18. The van der Waals surface area contributed by atoms with Crippen LogP contribution in [0.4, 0.5) is 5.69 Å². The summed E-state index contributed by atoms with van der Waals surface area (Å²) < 4.78 is 7.03. The van der Waals surface area contributed by atoms with E-state index in [1.807, 2.05) is 25.3 Å². The average Bonchev–Trinajstić information content (AvgIpc) is 3.23. The molecular weight excluding hydrogens is 509 g/mol. The molecule has 3 rings (SSSR count). The maximum absolute atomic E-state index is 12.9. The molecule has 0 aliphatic carbocycles. The van der Waals surface area contributed by atoms with Crippen molar-refractivity contribution in [2.45, 2.75) is 38.5 Å². The fraction of sp³-hybridized carbons (Fsp3) is 0.333. The van der Waals surface area contributed by atoms with E-state index < -0.39 is 6.04 Å². The van der Waals surface area contributed by atoms with Gasteiger partial charge in [0.2, 0.25) is 5.91 Å². The summed E-state index contributed by atoms with van der Waals surface area (Å²) >= 11 is 13.4. The van der Waals surface area contributed by atoms with Crippen LogP contribution in [-0.4, -0.2) is 39.4 Å². The largest absolute Gasteiger partial charge is 0.497 e. The number of rotatable bonds is 10. The quantitative estimate of drug-likeness (QED) is 0.334. The second kappa shape index (κ2) is 12.3. The Labute approximate surface area is 218 Å². The van der Waals surface area contributed by atoms with Crippen LogP contribution in [0.2, 0.25) is 10.0 Å². The zero-order valence-corrected chi connectivity index (χ0v) is 22.2. The molecule has 2 aromatic carbocycles. The lowest BCUT2D eigenvalue weighted by Crippen LogP contribution is -2.34. The van der Waals surface area contributed by atoms with Crippen molar-refractivity contribution in [1.82, 2.24) is 20.1 Å². The summed E-state index contributed by atoms with van der Waals surface area (Å²) in [6.07, 6.45) is 0. The van der Waals surface area contributed by atoms with Gasteiger partial charge in [0.05, 0.1) is 29.5 Å². The van der Waals surface area contributed by atoms with Crippen molar-refractivity contribution in [2.75, 3.05) is 18.2 Å². The second-order valence-corrected chi connectivity index (χ2v) is 9.76. The topological polar surface area (TPSA) is 98.1 Å². The van der Waals surface area contributed by atoms with E-state index in [-0.39, 0.29) is 28.5 Å². The van der Waals surface area contributed by atoms with Gasteiger partial charge in [0.1, 0.15) is 5.75 Å². The van der Waals surface area contributed by atoms with E-state index in [2.05, 4.69) is 20.8 Å². The van der Waals surface area contributed by atoms with Gasteiger partial charge in [0.25, 0.3) is 5.91 Å². The molecule has 0 unspecified atom stereocenters. The number of thioether (sulfide) groups is 1. The Balaban J connectivity index is 1.70. The monoisotopic (exact) mass is 535 g/mol. The number of ether oxygens (including phenoxy) is 1. The van der Waals surface area contributed by atoms with Crippen LogP contribution in [0.1, 0.15) is 43.0 Å². The molecule has 1 atom stereocenters. The van der Waals surface area contributed by atoms with Crippen molar-refractivity contribution in [3.63, 3.8) is 0 Å². The second-order valence-electron chi connectivity index (χ2n) is 7.97. The summed E-state index contributed by atoms with van der Waals surface area (Å²) in [6, 6.07) is 11.4. The van der Waals surface area contributed by atoms with Gasteiger partial charge in [-0.25, -0.2) is 0 Å². The minimum Gasteiger partial charge on any atom is -0.497 e. The van der Waals surface area contributed by atoms with E-state index in [0.29, 0.717) is 39.5 Å². The number of halogens is 2. The fourth-order valence-corrected chi connectivity index (χ4v) is 4.66. The standard InChI is InChI=1S/C24H27Cl2N5O3S/c1-5-31-22(21(14(2)3)28-23(33)18-11-6-15(25)12-19(18)26)29-30-24(31)35-13-20(32)27-16-7-9-17(34-4)10-8-16/h6-12,14,21H,5,13H2,1-4H3,(H,27,32)(H,28,33)/t21-/m1/s1. The third kappa shape index (κ3) is 6.90. The lowest BCUT2D eigenvalue weighted by Gasteiger charge is -2.22. The highest BCUT2D eigenvalue weighted by molar-refractivity contribution is 7.99. The smallest absolute Gasteiger partial charge is 0.253 e. The number of benzene rings is 2. The first-order valence-corrected chi connectivity index (χ1v) is 12.7. The van der Waals surface area contributed by atoms with E-state index >= 15 is 0 Å². The molecule has 11 heteroatoms. The van der Waals surface area contributed by atoms with E-state index in [0.717, 1.165) is 0 Å². The van der Waals surface area contributed by atoms with Crippen molar-refractivity contribution in [3.05, 3.63) is 63.9 Å². The average molecular weight is 536 g/mol. The first-order chi connectivity index (χ1) is 16.7. The third-order valence-corrected chi connectivity index (χ3v) is 6.69. The summed E-state index contributed by atoms with van der Waals surface area (Å²) in [5.74, 6) is 1.01. The van der Waals surface area contributed by atoms with Gasteiger partial charge in [-0.05, 0) is 55.3 Å². The van der Waals surface area contributed by atoms with Crippen LogP contribution in [0.5, 0.6) is 5.75 Å². The molecule has 35 heavy (non-hydrogen) atoms. The van der Waals surface area contributed by atoms with E-state index in [4.69, 9.17) is 27.9 Å². The van der Waals surface area contributed by atoms with Crippen LogP contribution in [-0.2, 0) is 11.3 Å². The summed E-state index contributed by atoms with van der Waals surface area (Å²) in [6.45, 7) is 6.51. The molecule has 0 bridgehead atoms. The first-order valence-electron chi connectivity index (χ1n) is 11.0. The normalized spacial score (nSPS) is 11.9. The molecule has 0 radical (unpaired) electrons. The Morgan fingerprint density at radius 2 is 1.83 bits per heavy atom. The Kier molecular flexibility index (Phi) is 9.42. The number of hydrogen-bond donors (Lipinski definition) is 2. The predicted octanol–water partition coefficient (Wildman–Crippen LogP) is 5.47. The van der Waals surface area contributed by atoms with Crippen LogP contribution < -0.4 is 15.4 Å². The Bertz CT molecular complexity index is 1180. The minimum absolute atomic E-state index is 0.0238. The van der Waals surface area contributed by atoms with Crippen LogP contribution in [0.25, 0.3) is 0 Å². The zero-order chi connectivity index (χ0) is 25.5. The van der Waals surface area contributed by atoms with Crippen molar-refractivity contribution in [2.24, 2.45) is 5.92 Å². The SMILES string of the molecule is CCn1c(SCC(=O)Nc2ccc(OC)cc2)nnc1[C@H](NC(=O)c1ccc(Cl)cc1Cl)C(C)C. The maximum Gasteiger partial charge on any atom is 0.253 e. The number of carbonyl (C=O) groups is 2. The Morgan fingerprint density at radius 3 is 2.43 bits per heavy atom. The maximum atomic E-state index is 12.9. The van der Waals surface area contributed by atoms with Crippen molar-refractivity contribution < 1.29 is 14.3 Å². The number of hydrogen-bond acceptors (Lipinski definition) is 6. The summed E-state index contributed by atoms with van der Waals surface area (Å²) in [5, 5.41) is 15.8. The van der Waals surface area contributed by atoms with E-state index in [9.17, 15) is 9.59 Å². The minimum atomic E-state index is -0.413. The van der Waals surface area contributed by atoms with E-state index in [1.165, 1.54) is 17.8 Å². The van der Waals surface area contributed by atoms with Crippen LogP contribution in [0.3, 0.4) is 0 Å². The van der Waals surface area contributed by atoms with Gasteiger partial charge in [-0.3, -0.25) is 9.59 Å². The van der Waals surface area contributed by atoms with Gasteiger partial charge in [-0.2, -0.15) is 0 Å². The number of methoxy groups -OCH3 is 1. The van der Waals surface area contributed by atoms with Gasteiger partial charge in [-0.1, -0.05) is 48.8 Å². The van der Waals surface area contributed by atoms with Crippen molar-refractivity contribution >= 4 is 52.5 Å². The molecule has 2 amide bonds. The molecule has 186 valence electrons. The van der Waals surface area contributed by atoms with Gasteiger partial charge < -0.3 is 19.9 Å². The number of carbonyl (C=O) groups excluding carboxylic acids is 2. The summed E-state index contributed by atoms with van der Waals surface area (Å²) in [4.78, 5) is 25.4. The van der Waals surface area contributed by atoms with Gasteiger partial charge in [-0.15, -0.1) is 10.2 Å². The van der Waals surface area contributed by atoms with Crippen LogP contribution in [0, 0.1) is 5.92 Å². The number of anilines is 1. The first kappa shape index (κ1) is 26.8. The number of nitrogens with one attached hydrogen (secondary N) is 2.